The second-order valence-corrected chi connectivity index (χ2v) is 8.35. The second-order valence-electron chi connectivity index (χ2n) is 6.06. The van der Waals surface area contributed by atoms with Crippen LogP contribution in [0.4, 0.5) is 0 Å². The fourth-order valence-electron chi connectivity index (χ4n) is 2.63. The van der Waals surface area contributed by atoms with E-state index < -0.39 is 0 Å². The van der Waals surface area contributed by atoms with E-state index in [2.05, 4.69) is 20.2 Å². The summed E-state index contributed by atoms with van der Waals surface area (Å²) in [5.74, 6) is 1.68. The molecule has 28 heavy (non-hydrogen) atoms. The van der Waals surface area contributed by atoms with Gasteiger partial charge in [0.2, 0.25) is 0 Å². The maximum atomic E-state index is 12.4. The second kappa shape index (κ2) is 9.54. The van der Waals surface area contributed by atoms with Gasteiger partial charge < -0.3 is 4.57 Å². The first-order valence-electron chi connectivity index (χ1n) is 8.75. The minimum absolute atomic E-state index is 0.0270. The number of ketones is 1. The van der Waals surface area contributed by atoms with Gasteiger partial charge in [0.25, 0.3) is 0 Å². The molecule has 3 aromatic rings. The fraction of sp³-hybridized carbons (Fsp3) is 0.316. The number of hydrogen-bond acceptors (Lipinski definition) is 7. The van der Waals surface area contributed by atoms with Gasteiger partial charge in [0.1, 0.15) is 5.82 Å². The highest BCUT2D eigenvalue weighted by Gasteiger charge is 2.16. The first-order chi connectivity index (χ1) is 13.5. The SMILES string of the molecule is CCn1c(CSc2nc(C)cc(C)n2)nnc1SCC(=O)c1ccccc1Cl. The number of hydrogen-bond donors (Lipinski definition) is 0. The summed E-state index contributed by atoms with van der Waals surface area (Å²) in [4.78, 5) is 21.3. The highest BCUT2D eigenvalue weighted by atomic mass is 35.5. The number of thioether (sulfide) groups is 2. The van der Waals surface area contributed by atoms with Crippen LogP contribution in [0.2, 0.25) is 5.02 Å². The molecule has 0 radical (unpaired) electrons. The summed E-state index contributed by atoms with van der Waals surface area (Å²) >= 11 is 9.01. The zero-order chi connectivity index (χ0) is 20.1. The molecule has 2 heterocycles. The van der Waals surface area contributed by atoms with E-state index in [1.54, 1.807) is 12.1 Å². The Balaban J connectivity index is 1.66. The van der Waals surface area contributed by atoms with Gasteiger partial charge in [-0.1, -0.05) is 47.3 Å². The number of rotatable bonds is 8. The quantitative estimate of drug-likeness (QED) is 0.291. The zero-order valence-corrected chi connectivity index (χ0v) is 18.2. The van der Waals surface area contributed by atoms with Gasteiger partial charge in [0.05, 0.1) is 16.5 Å². The minimum Gasteiger partial charge on any atom is -0.306 e. The van der Waals surface area contributed by atoms with Crippen LogP contribution in [0.15, 0.2) is 40.6 Å². The van der Waals surface area contributed by atoms with Crippen molar-refractivity contribution in [2.24, 2.45) is 0 Å². The maximum absolute atomic E-state index is 12.4. The van der Waals surface area contributed by atoms with Gasteiger partial charge in [-0.3, -0.25) is 4.79 Å². The van der Waals surface area contributed by atoms with Crippen molar-refractivity contribution in [1.82, 2.24) is 24.7 Å². The molecule has 0 bridgehead atoms. The summed E-state index contributed by atoms with van der Waals surface area (Å²) in [6.45, 7) is 6.67. The lowest BCUT2D eigenvalue weighted by Gasteiger charge is -2.07. The Kier molecular flexibility index (Phi) is 7.09. The highest BCUT2D eigenvalue weighted by molar-refractivity contribution is 7.99. The van der Waals surface area contributed by atoms with Crippen molar-refractivity contribution >= 4 is 40.9 Å². The van der Waals surface area contributed by atoms with Crippen LogP contribution in [0.3, 0.4) is 0 Å². The van der Waals surface area contributed by atoms with Crippen molar-refractivity contribution in [2.75, 3.05) is 5.75 Å². The van der Waals surface area contributed by atoms with Gasteiger partial charge in [0, 0.05) is 23.5 Å². The number of halogens is 1. The molecule has 0 saturated heterocycles. The van der Waals surface area contributed by atoms with Crippen molar-refractivity contribution < 1.29 is 4.79 Å². The molecule has 0 aliphatic rings. The molecule has 0 aliphatic carbocycles. The molecule has 0 spiro atoms. The predicted octanol–water partition coefficient (Wildman–Crippen LogP) is 4.63. The van der Waals surface area contributed by atoms with Crippen LogP contribution in [0.25, 0.3) is 0 Å². The van der Waals surface area contributed by atoms with Crippen LogP contribution < -0.4 is 0 Å². The van der Waals surface area contributed by atoms with E-state index in [4.69, 9.17) is 11.6 Å². The van der Waals surface area contributed by atoms with E-state index in [0.29, 0.717) is 16.3 Å². The van der Waals surface area contributed by atoms with Crippen LogP contribution in [0.1, 0.15) is 34.5 Å². The molecule has 1 aromatic carbocycles. The third-order valence-corrected chi connectivity index (χ3v) is 6.05. The fourth-order valence-corrected chi connectivity index (χ4v) is 4.67. The van der Waals surface area contributed by atoms with Crippen molar-refractivity contribution in [3.63, 3.8) is 0 Å². The van der Waals surface area contributed by atoms with Gasteiger partial charge in [0.15, 0.2) is 16.1 Å². The molecular formula is C19H20ClN5OS2. The topological polar surface area (TPSA) is 73.6 Å². The summed E-state index contributed by atoms with van der Waals surface area (Å²) in [6, 6.07) is 9.02. The van der Waals surface area contributed by atoms with Gasteiger partial charge in [-0.25, -0.2) is 9.97 Å². The van der Waals surface area contributed by atoms with Crippen LogP contribution in [0.5, 0.6) is 0 Å². The molecule has 0 saturated carbocycles. The van der Waals surface area contributed by atoms with Crippen LogP contribution >= 0.6 is 35.1 Å². The summed E-state index contributed by atoms with van der Waals surface area (Å²) in [5, 5.41) is 10.5. The number of carbonyl (C=O) groups excluding carboxylic acids is 1. The normalized spacial score (nSPS) is 11.0. The molecule has 0 fully saturated rings. The van der Waals surface area contributed by atoms with Crippen molar-refractivity contribution in [1.29, 1.82) is 0 Å². The first-order valence-corrected chi connectivity index (χ1v) is 11.1. The largest absolute Gasteiger partial charge is 0.306 e. The van der Waals surface area contributed by atoms with E-state index in [0.717, 1.165) is 34.1 Å². The van der Waals surface area contributed by atoms with Gasteiger partial charge in [-0.15, -0.1) is 10.2 Å². The van der Waals surface area contributed by atoms with Gasteiger partial charge in [-0.2, -0.15) is 0 Å². The molecular weight excluding hydrogens is 414 g/mol. The summed E-state index contributed by atoms with van der Waals surface area (Å²) in [6.07, 6.45) is 0. The van der Waals surface area contributed by atoms with E-state index in [1.807, 2.05) is 43.5 Å². The number of aryl methyl sites for hydroxylation is 2. The Hall–Kier alpha value is -1.90. The Morgan fingerprint density at radius 1 is 1.11 bits per heavy atom. The minimum atomic E-state index is -0.0270. The molecule has 0 aliphatic heterocycles. The predicted molar refractivity (Wildman–Crippen MR) is 113 cm³/mol. The molecule has 2 aromatic heterocycles. The number of nitrogens with zero attached hydrogens (tertiary/aromatic N) is 5. The summed E-state index contributed by atoms with van der Waals surface area (Å²) in [7, 11) is 0. The molecule has 3 rings (SSSR count). The van der Waals surface area contributed by atoms with E-state index in [9.17, 15) is 4.79 Å². The van der Waals surface area contributed by atoms with E-state index in [-0.39, 0.29) is 11.5 Å². The summed E-state index contributed by atoms with van der Waals surface area (Å²) < 4.78 is 2.01. The Morgan fingerprint density at radius 2 is 1.82 bits per heavy atom. The van der Waals surface area contributed by atoms with Crippen molar-refractivity contribution in [3.8, 4) is 0 Å². The van der Waals surface area contributed by atoms with Crippen LogP contribution in [0, 0.1) is 13.8 Å². The van der Waals surface area contributed by atoms with Gasteiger partial charge in [-0.05, 0) is 39.0 Å². The number of carbonyl (C=O) groups is 1. The van der Waals surface area contributed by atoms with E-state index in [1.165, 1.54) is 23.5 Å². The van der Waals surface area contributed by atoms with E-state index >= 15 is 0 Å². The molecule has 0 unspecified atom stereocenters. The Bertz CT molecular complexity index is 972. The molecule has 6 nitrogen and oxygen atoms in total. The number of Topliss-reactive ketones (excluding diaryl/α,β-unsaturated/α-hetero) is 1. The third kappa shape index (κ3) is 5.12. The van der Waals surface area contributed by atoms with Crippen LogP contribution in [-0.4, -0.2) is 36.3 Å². The molecule has 0 atom stereocenters. The van der Waals surface area contributed by atoms with Gasteiger partial charge >= 0.3 is 0 Å². The highest BCUT2D eigenvalue weighted by Crippen LogP contribution is 2.24. The lowest BCUT2D eigenvalue weighted by Crippen LogP contribution is -2.06. The average molecular weight is 434 g/mol. The molecule has 0 amide bonds. The first kappa shape index (κ1) is 20.8. The summed E-state index contributed by atoms with van der Waals surface area (Å²) in [5.41, 5.74) is 2.42. The standard InChI is InChI=1S/C19H20ClN5OS2/c1-4-25-17(11-27-18-21-12(2)9-13(3)22-18)23-24-19(25)28-10-16(26)14-7-5-6-8-15(14)20/h5-9H,4,10-11H2,1-3H3. The zero-order valence-electron chi connectivity index (χ0n) is 15.8. The molecule has 146 valence electrons. The molecule has 9 heteroatoms. The number of benzene rings is 1. The Morgan fingerprint density at radius 3 is 2.50 bits per heavy atom. The Labute approximate surface area is 177 Å². The van der Waals surface area contributed by atoms with Crippen LogP contribution in [-0.2, 0) is 12.3 Å². The third-order valence-electron chi connectivity index (χ3n) is 3.91. The lowest BCUT2D eigenvalue weighted by atomic mass is 10.1. The number of aromatic nitrogens is 5. The monoisotopic (exact) mass is 433 g/mol. The lowest BCUT2D eigenvalue weighted by molar-refractivity contribution is 0.102. The van der Waals surface area contributed by atoms with Crippen molar-refractivity contribution in [3.05, 3.63) is 58.1 Å². The maximum Gasteiger partial charge on any atom is 0.191 e. The van der Waals surface area contributed by atoms with Crippen molar-refractivity contribution in [2.45, 2.75) is 43.4 Å². The average Bonchev–Trinajstić information content (AvgIpc) is 3.06. The molecule has 0 N–H and O–H groups in total. The smallest absolute Gasteiger partial charge is 0.191 e.